The number of aromatic nitrogens is 2. The van der Waals surface area contributed by atoms with Crippen molar-refractivity contribution in [3.8, 4) is 0 Å². The molecular formula is C16H22N3O2+. The summed E-state index contributed by atoms with van der Waals surface area (Å²) in [6.45, 7) is 8.08. The van der Waals surface area contributed by atoms with Gasteiger partial charge in [-0.05, 0) is 25.5 Å². The second-order valence-corrected chi connectivity index (χ2v) is 4.72. The number of fused-ring (bicyclic) bond motifs is 1. The number of amides is 1. The molecule has 1 aromatic heterocycles. The van der Waals surface area contributed by atoms with Gasteiger partial charge in [-0.2, -0.15) is 0 Å². The van der Waals surface area contributed by atoms with E-state index in [0.29, 0.717) is 26.3 Å². The highest BCUT2D eigenvalue weighted by Crippen LogP contribution is 2.10. The second kappa shape index (κ2) is 7.59. The van der Waals surface area contributed by atoms with E-state index in [1.165, 1.54) is 0 Å². The van der Waals surface area contributed by atoms with Crippen LogP contribution in [0.25, 0.3) is 17.2 Å². The first kappa shape index (κ1) is 15.3. The van der Waals surface area contributed by atoms with Crippen molar-refractivity contribution < 1.29 is 14.1 Å². The molecule has 5 heteroatoms. The molecule has 0 bridgehead atoms. The summed E-state index contributed by atoms with van der Waals surface area (Å²) in [5.74, 6) is 0.00321. The molecule has 0 saturated carbocycles. The predicted octanol–water partition coefficient (Wildman–Crippen LogP) is 1.57. The molecule has 1 heterocycles. The van der Waals surface area contributed by atoms with Gasteiger partial charge in [-0.3, -0.25) is 4.79 Å². The number of ether oxygens (including phenoxy) is 1. The Morgan fingerprint density at radius 2 is 2.29 bits per heavy atom. The number of nitrogens with one attached hydrogen (secondary N) is 1. The Balaban J connectivity index is 1.96. The molecule has 0 saturated heterocycles. The van der Waals surface area contributed by atoms with Gasteiger partial charge in [0.1, 0.15) is 0 Å². The van der Waals surface area contributed by atoms with Crippen molar-refractivity contribution in [1.29, 1.82) is 0 Å². The molecular weight excluding hydrogens is 266 g/mol. The van der Waals surface area contributed by atoms with Crippen LogP contribution in [0.5, 0.6) is 0 Å². The summed E-state index contributed by atoms with van der Waals surface area (Å²) in [6.07, 6.45) is 4.45. The molecule has 0 spiro atoms. The van der Waals surface area contributed by atoms with Gasteiger partial charge in [0, 0.05) is 19.8 Å². The van der Waals surface area contributed by atoms with E-state index in [-0.39, 0.29) is 5.91 Å². The molecule has 0 atom stereocenters. The zero-order valence-electron chi connectivity index (χ0n) is 12.4. The van der Waals surface area contributed by atoms with Crippen molar-refractivity contribution in [3.63, 3.8) is 0 Å². The van der Waals surface area contributed by atoms with Crippen molar-refractivity contribution in [1.82, 2.24) is 9.88 Å². The SMILES string of the molecule is C=Cn1c[n+](CC(=O)NCCCOCC)c2ccccc21. The number of para-hydroxylation sites is 2. The summed E-state index contributed by atoms with van der Waals surface area (Å²) in [6, 6.07) is 7.94. The van der Waals surface area contributed by atoms with Gasteiger partial charge in [0.05, 0.1) is 6.20 Å². The third kappa shape index (κ3) is 3.92. The van der Waals surface area contributed by atoms with Crippen LogP contribution in [0.3, 0.4) is 0 Å². The Kier molecular flexibility index (Phi) is 5.51. The quantitative estimate of drug-likeness (QED) is 0.592. The van der Waals surface area contributed by atoms with Gasteiger partial charge < -0.3 is 10.1 Å². The Morgan fingerprint density at radius 3 is 3.05 bits per heavy atom. The lowest BCUT2D eigenvalue weighted by Gasteiger charge is -2.04. The highest BCUT2D eigenvalue weighted by Gasteiger charge is 2.15. The van der Waals surface area contributed by atoms with Gasteiger partial charge in [0.2, 0.25) is 6.33 Å². The zero-order chi connectivity index (χ0) is 15.1. The van der Waals surface area contributed by atoms with Gasteiger partial charge in [0.15, 0.2) is 17.6 Å². The molecule has 0 fully saturated rings. The molecule has 21 heavy (non-hydrogen) atoms. The number of hydrogen-bond acceptors (Lipinski definition) is 2. The van der Waals surface area contributed by atoms with Crippen LogP contribution >= 0.6 is 0 Å². The highest BCUT2D eigenvalue weighted by atomic mass is 16.5. The summed E-state index contributed by atoms with van der Waals surface area (Å²) in [5.41, 5.74) is 2.05. The fourth-order valence-electron chi connectivity index (χ4n) is 2.23. The lowest BCUT2D eigenvalue weighted by atomic mass is 10.3. The molecule has 1 N–H and O–H groups in total. The smallest absolute Gasteiger partial charge is 0.262 e. The lowest BCUT2D eigenvalue weighted by molar-refractivity contribution is -0.658. The van der Waals surface area contributed by atoms with E-state index in [0.717, 1.165) is 17.5 Å². The van der Waals surface area contributed by atoms with Crippen molar-refractivity contribution in [3.05, 3.63) is 37.2 Å². The van der Waals surface area contributed by atoms with Crippen LogP contribution in [0.2, 0.25) is 0 Å². The van der Waals surface area contributed by atoms with Crippen LogP contribution in [-0.4, -0.2) is 30.2 Å². The summed E-state index contributed by atoms with van der Waals surface area (Å²) in [7, 11) is 0. The predicted molar refractivity (Wildman–Crippen MR) is 82.6 cm³/mol. The summed E-state index contributed by atoms with van der Waals surface area (Å²) in [4.78, 5) is 12.0. The Bertz CT molecular complexity index is 619. The van der Waals surface area contributed by atoms with Gasteiger partial charge in [-0.1, -0.05) is 18.7 Å². The molecule has 0 aliphatic heterocycles. The van der Waals surface area contributed by atoms with Crippen LogP contribution in [0.4, 0.5) is 0 Å². The first-order valence-electron chi connectivity index (χ1n) is 7.22. The van der Waals surface area contributed by atoms with Crippen LogP contribution < -0.4 is 9.88 Å². The molecule has 2 rings (SSSR count). The molecule has 1 amide bonds. The van der Waals surface area contributed by atoms with E-state index in [2.05, 4.69) is 11.9 Å². The minimum atomic E-state index is 0.00321. The molecule has 1 aromatic carbocycles. The zero-order valence-corrected chi connectivity index (χ0v) is 12.4. The van der Waals surface area contributed by atoms with Crippen LogP contribution in [-0.2, 0) is 16.1 Å². The van der Waals surface area contributed by atoms with Gasteiger partial charge >= 0.3 is 0 Å². The minimum absolute atomic E-state index is 0.00321. The number of hydrogen-bond donors (Lipinski definition) is 1. The normalized spacial score (nSPS) is 10.7. The van der Waals surface area contributed by atoms with Gasteiger partial charge in [-0.15, -0.1) is 0 Å². The maximum Gasteiger partial charge on any atom is 0.262 e. The fraction of sp³-hybridized carbons (Fsp3) is 0.375. The summed E-state index contributed by atoms with van der Waals surface area (Å²) in [5, 5.41) is 2.91. The minimum Gasteiger partial charge on any atom is -0.382 e. The van der Waals surface area contributed by atoms with E-state index in [9.17, 15) is 4.79 Å². The number of imidazole rings is 1. The number of carbonyl (C=O) groups excluding carboxylic acids is 1. The highest BCUT2D eigenvalue weighted by molar-refractivity contribution is 5.77. The third-order valence-electron chi connectivity index (χ3n) is 3.24. The maximum atomic E-state index is 12.0. The fourth-order valence-corrected chi connectivity index (χ4v) is 2.23. The summed E-state index contributed by atoms with van der Waals surface area (Å²) < 4.78 is 9.08. The average molecular weight is 288 g/mol. The topological polar surface area (TPSA) is 47.1 Å². The number of benzene rings is 1. The van der Waals surface area contributed by atoms with E-state index in [4.69, 9.17) is 4.74 Å². The van der Waals surface area contributed by atoms with Gasteiger partial charge in [-0.25, -0.2) is 9.13 Å². The van der Waals surface area contributed by atoms with E-state index in [1.54, 1.807) is 6.20 Å². The molecule has 2 aromatic rings. The van der Waals surface area contributed by atoms with Crippen molar-refractivity contribution in [2.45, 2.75) is 19.9 Å². The Hall–Kier alpha value is -2.14. The van der Waals surface area contributed by atoms with Crippen LogP contribution in [0, 0.1) is 0 Å². The van der Waals surface area contributed by atoms with Crippen molar-refractivity contribution >= 4 is 23.1 Å². The molecule has 0 radical (unpaired) electrons. The van der Waals surface area contributed by atoms with Crippen molar-refractivity contribution in [2.75, 3.05) is 19.8 Å². The van der Waals surface area contributed by atoms with Crippen LogP contribution in [0.1, 0.15) is 13.3 Å². The monoisotopic (exact) mass is 288 g/mol. The number of rotatable bonds is 8. The van der Waals surface area contributed by atoms with E-state index < -0.39 is 0 Å². The average Bonchev–Trinajstić information content (AvgIpc) is 2.85. The first-order valence-corrected chi connectivity index (χ1v) is 7.22. The van der Waals surface area contributed by atoms with Gasteiger partial charge in [0.25, 0.3) is 5.91 Å². The molecule has 112 valence electrons. The molecule has 5 nitrogen and oxygen atoms in total. The van der Waals surface area contributed by atoms with Crippen molar-refractivity contribution in [2.24, 2.45) is 0 Å². The Morgan fingerprint density at radius 1 is 1.48 bits per heavy atom. The largest absolute Gasteiger partial charge is 0.382 e. The Labute approximate surface area is 124 Å². The number of nitrogens with zero attached hydrogens (tertiary/aromatic N) is 2. The maximum absolute atomic E-state index is 12.0. The number of carbonyl (C=O) groups is 1. The third-order valence-corrected chi connectivity index (χ3v) is 3.24. The van der Waals surface area contributed by atoms with E-state index in [1.807, 2.05) is 46.7 Å². The molecule has 0 aliphatic rings. The summed E-state index contributed by atoms with van der Waals surface area (Å²) >= 11 is 0. The standard InChI is InChI=1S/C16H21N3O2/c1-3-18-13-19(15-9-6-5-8-14(15)18)12-16(20)17-10-7-11-21-4-2/h3,5-6,8-9,13H,1,4,7,10-12H2,2H3/p+1. The lowest BCUT2D eigenvalue weighted by Crippen LogP contribution is -2.42. The van der Waals surface area contributed by atoms with Crippen LogP contribution in [0.15, 0.2) is 37.2 Å². The molecule has 0 unspecified atom stereocenters. The first-order chi connectivity index (χ1) is 10.3. The molecule has 0 aliphatic carbocycles. The van der Waals surface area contributed by atoms with E-state index >= 15 is 0 Å². The second-order valence-electron chi connectivity index (χ2n) is 4.72.